The molecule has 0 aromatic heterocycles. The molecule has 1 rings (SSSR count). The molecule has 16 heavy (non-hydrogen) atoms. The zero-order chi connectivity index (χ0) is 11.8. The second-order valence-electron chi connectivity index (χ2n) is 3.79. The molecule has 0 unspecified atom stereocenters. The maximum Gasteiger partial charge on any atom is 0.220 e. The lowest BCUT2D eigenvalue weighted by molar-refractivity contribution is -0.121. The molecule has 0 aliphatic heterocycles. The second kappa shape index (κ2) is 6.68. The molecule has 0 saturated heterocycles. The van der Waals surface area contributed by atoms with E-state index in [1.807, 2.05) is 12.1 Å². The Morgan fingerprint density at radius 3 is 3.00 bits per heavy atom. The van der Waals surface area contributed by atoms with Crippen LogP contribution in [0.2, 0.25) is 0 Å². The fourth-order valence-corrected chi connectivity index (χ4v) is 1.49. The number of carbonyl (C=O) groups excluding carboxylic acids is 1. The summed E-state index contributed by atoms with van der Waals surface area (Å²) in [6.07, 6.45) is 6.99. The molecule has 1 N–H and O–H groups in total. The van der Waals surface area contributed by atoms with Crippen molar-refractivity contribution in [3.63, 3.8) is 0 Å². The first-order valence-electron chi connectivity index (χ1n) is 5.48. The third-order valence-electron chi connectivity index (χ3n) is 2.31. The molecule has 0 bridgehead atoms. The van der Waals surface area contributed by atoms with E-state index in [4.69, 9.17) is 6.42 Å². The molecule has 1 aromatic carbocycles. The van der Waals surface area contributed by atoms with Crippen LogP contribution in [0.3, 0.4) is 0 Å². The van der Waals surface area contributed by atoms with Crippen LogP contribution in [-0.2, 0) is 11.2 Å². The summed E-state index contributed by atoms with van der Waals surface area (Å²) in [6, 6.07) is 8.22. The normalized spacial score (nSPS) is 9.50. The summed E-state index contributed by atoms with van der Waals surface area (Å²) in [6.45, 7) is 2.62. The van der Waals surface area contributed by atoms with Gasteiger partial charge in [0.2, 0.25) is 5.91 Å². The quantitative estimate of drug-likeness (QED) is 0.591. The molecule has 2 heteroatoms. The number of aryl methyl sites for hydroxylation is 2. The zero-order valence-corrected chi connectivity index (χ0v) is 9.62. The predicted octanol–water partition coefficient (Wildman–Crippen LogP) is 2.07. The number of benzene rings is 1. The van der Waals surface area contributed by atoms with Crippen LogP contribution in [0, 0.1) is 19.3 Å². The van der Waals surface area contributed by atoms with Gasteiger partial charge in [0.25, 0.3) is 0 Å². The first-order chi connectivity index (χ1) is 7.72. The number of rotatable bonds is 5. The van der Waals surface area contributed by atoms with Gasteiger partial charge in [0.15, 0.2) is 0 Å². The average Bonchev–Trinajstić information content (AvgIpc) is 2.27. The van der Waals surface area contributed by atoms with E-state index < -0.39 is 0 Å². The van der Waals surface area contributed by atoms with E-state index in [0.29, 0.717) is 19.4 Å². The first-order valence-corrected chi connectivity index (χ1v) is 5.48. The molecule has 1 amide bonds. The van der Waals surface area contributed by atoms with Gasteiger partial charge in [-0.25, -0.2) is 0 Å². The molecule has 0 aliphatic carbocycles. The van der Waals surface area contributed by atoms with Gasteiger partial charge in [-0.05, 0) is 18.9 Å². The Balaban J connectivity index is 2.29. The van der Waals surface area contributed by atoms with Gasteiger partial charge in [0.1, 0.15) is 0 Å². The number of terminal acetylenes is 1. The Labute approximate surface area is 97.1 Å². The zero-order valence-electron chi connectivity index (χ0n) is 9.62. The first kappa shape index (κ1) is 12.3. The minimum Gasteiger partial charge on any atom is -0.355 e. The van der Waals surface area contributed by atoms with Crippen LogP contribution < -0.4 is 5.32 Å². The molecule has 0 atom stereocenters. The third-order valence-corrected chi connectivity index (χ3v) is 2.31. The van der Waals surface area contributed by atoms with Crippen LogP contribution in [0.1, 0.15) is 24.0 Å². The van der Waals surface area contributed by atoms with E-state index in [1.54, 1.807) is 0 Å². The summed E-state index contributed by atoms with van der Waals surface area (Å²) < 4.78 is 0. The molecule has 0 saturated carbocycles. The Hall–Kier alpha value is -1.75. The maximum absolute atomic E-state index is 11.4. The molecule has 0 aliphatic rings. The van der Waals surface area contributed by atoms with E-state index in [1.165, 1.54) is 11.1 Å². The van der Waals surface area contributed by atoms with E-state index in [2.05, 4.69) is 30.3 Å². The van der Waals surface area contributed by atoms with Gasteiger partial charge >= 0.3 is 0 Å². The highest BCUT2D eigenvalue weighted by atomic mass is 16.1. The highest BCUT2D eigenvalue weighted by Crippen LogP contribution is 2.06. The molecule has 84 valence electrons. The summed E-state index contributed by atoms with van der Waals surface area (Å²) in [5.74, 6) is 2.56. The Kier molecular flexibility index (Phi) is 5.15. The molecule has 0 fully saturated rings. The fraction of sp³-hybridized carbons (Fsp3) is 0.357. The molecule has 0 heterocycles. The van der Waals surface area contributed by atoms with Crippen LogP contribution in [0.25, 0.3) is 0 Å². The van der Waals surface area contributed by atoms with Gasteiger partial charge in [0, 0.05) is 19.4 Å². The largest absolute Gasteiger partial charge is 0.355 e. The number of hydrogen-bond acceptors (Lipinski definition) is 1. The standard InChI is InChI=1S/C14H17NO/c1-3-4-10-15-14(16)9-8-13-7-5-6-12(2)11-13/h1,5-7,11H,4,8-10H2,2H3,(H,15,16). The Bertz CT molecular complexity index is 390. The predicted molar refractivity (Wildman–Crippen MR) is 66.0 cm³/mol. The van der Waals surface area contributed by atoms with Crippen LogP contribution in [0.5, 0.6) is 0 Å². The number of carbonyl (C=O) groups is 1. The van der Waals surface area contributed by atoms with Crippen molar-refractivity contribution in [2.75, 3.05) is 6.54 Å². The van der Waals surface area contributed by atoms with Crippen LogP contribution >= 0.6 is 0 Å². The highest BCUT2D eigenvalue weighted by molar-refractivity contribution is 5.76. The number of hydrogen-bond donors (Lipinski definition) is 1. The van der Waals surface area contributed by atoms with E-state index in [0.717, 1.165) is 6.42 Å². The summed E-state index contributed by atoms with van der Waals surface area (Å²) in [5.41, 5.74) is 2.43. The summed E-state index contributed by atoms with van der Waals surface area (Å²) >= 11 is 0. The Morgan fingerprint density at radius 1 is 1.50 bits per heavy atom. The van der Waals surface area contributed by atoms with Crippen LogP contribution in [0.4, 0.5) is 0 Å². The van der Waals surface area contributed by atoms with Gasteiger partial charge in [-0.15, -0.1) is 12.3 Å². The Morgan fingerprint density at radius 2 is 2.31 bits per heavy atom. The molecule has 1 aromatic rings. The smallest absolute Gasteiger partial charge is 0.220 e. The van der Waals surface area contributed by atoms with Gasteiger partial charge in [-0.2, -0.15) is 0 Å². The topological polar surface area (TPSA) is 29.1 Å². The molecule has 2 nitrogen and oxygen atoms in total. The van der Waals surface area contributed by atoms with Crippen LogP contribution in [0.15, 0.2) is 24.3 Å². The van der Waals surface area contributed by atoms with Crippen molar-refractivity contribution in [2.45, 2.75) is 26.2 Å². The molecular weight excluding hydrogens is 198 g/mol. The lowest BCUT2D eigenvalue weighted by Gasteiger charge is -2.04. The molecular formula is C14H17NO. The van der Waals surface area contributed by atoms with Crippen molar-refractivity contribution in [3.05, 3.63) is 35.4 Å². The number of nitrogens with one attached hydrogen (secondary N) is 1. The minimum absolute atomic E-state index is 0.0664. The van der Waals surface area contributed by atoms with Gasteiger partial charge in [0.05, 0.1) is 0 Å². The fourth-order valence-electron chi connectivity index (χ4n) is 1.49. The van der Waals surface area contributed by atoms with Gasteiger partial charge < -0.3 is 5.32 Å². The third kappa shape index (κ3) is 4.65. The van der Waals surface area contributed by atoms with Crippen molar-refractivity contribution in [1.29, 1.82) is 0 Å². The van der Waals surface area contributed by atoms with Crippen molar-refractivity contribution in [3.8, 4) is 12.3 Å². The maximum atomic E-state index is 11.4. The van der Waals surface area contributed by atoms with Crippen molar-refractivity contribution < 1.29 is 4.79 Å². The average molecular weight is 215 g/mol. The second-order valence-corrected chi connectivity index (χ2v) is 3.79. The molecule has 0 spiro atoms. The van der Waals surface area contributed by atoms with Crippen molar-refractivity contribution in [2.24, 2.45) is 0 Å². The lowest BCUT2D eigenvalue weighted by Crippen LogP contribution is -2.24. The summed E-state index contributed by atoms with van der Waals surface area (Å²) in [5, 5.41) is 2.79. The van der Waals surface area contributed by atoms with E-state index in [9.17, 15) is 4.79 Å². The molecule has 0 radical (unpaired) electrons. The van der Waals surface area contributed by atoms with Crippen molar-refractivity contribution in [1.82, 2.24) is 5.32 Å². The minimum atomic E-state index is 0.0664. The number of amides is 1. The highest BCUT2D eigenvalue weighted by Gasteiger charge is 2.01. The lowest BCUT2D eigenvalue weighted by atomic mass is 10.1. The van der Waals surface area contributed by atoms with E-state index in [-0.39, 0.29) is 5.91 Å². The van der Waals surface area contributed by atoms with Crippen LogP contribution in [-0.4, -0.2) is 12.5 Å². The SMILES string of the molecule is C#CCCNC(=O)CCc1cccc(C)c1. The van der Waals surface area contributed by atoms with E-state index >= 15 is 0 Å². The summed E-state index contributed by atoms with van der Waals surface area (Å²) in [7, 11) is 0. The monoisotopic (exact) mass is 215 g/mol. The van der Waals surface area contributed by atoms with Crippen molar-refractivity contribution >= 4 is 5.91 Å². The summed E-state index contributed by atoms with van der Waals surface area (Å²) in [4.78, 5) is 11.4. The van der Waals surface area contributed by atoms with Gasteiger partial charge in [-0.1, -0.05) is 29.8 Å². The van der Waals surface area contributed by atoms with Gasteiger partial charge in [-0.3, -0.25) is 4.79 Å².